The van der Waals surface area contributed by atoms with Crippen molar-refractivity contribution in [3.05, 3.63) is 15.6 Å². The highest BCUT2D eigenvalue weighted by Gasteiger charge is 2.27. The lowest BCUT2D eigenvalue weighted by atomic mass is 10.2. The summed E-state index contributed by atoms with van der Waals surface area (Å²) in [5.74, 6) is 2.53. The smallest absolute Gasteiger partial charge is 0.107 e. The van der Waals surface area contributed by atoms with E-state index in [9.17, 15) is 0 Å². The van der Waals surface area contributed by atoms with E-state index in [2.05, 4.69) is 37.4 Å². The fraction of sp³-hybridized carbons (Fsp3) is 0.750. The Balaban J connectivity index is 2.19. The lowest BCUT2D eigenvalue weighted by Gasteiger charge is -2.25. The number of aryl methyl sites for hydroxylation is 1. The van der Waals surface area contributed by atoms with Crippen LogP contribution in [0.25, 0.3) is 0 Å². The molecule has 2 heterocycles. The van der Waals surface area contributed by atoms with Gasteiger partial charge in [0, 0.05) is 28.2 Å². The molecule has 1 aliphatic heterocycles. The van der Waals surface area contributed by atoms with Crippen molar-refractivity contribution >= 4 is 34.9 Å². The maximum absolute atomic E-state index is 5.82. The minimum atomic E-state index is 0.578. The topological polar surface area (TPSA) is 38.9 Å². The van der Waals surface area contributed by atoms with E-state index in [0.717, 1.165) is 12.8 Å². The van der Waals surface area contributed by atoms with Crippen LogP contribution < -0.4 is 5.73 Å². The first kappa shape index (κ1) is 13.7. The SMILES string of the molecule is CCCc1nc(C2SCCSC2C)sc1CN. The molecule has 5 heteroatoms. The summed E-state index contributed by atoms with van der Waals surface area (Å²) < 4.78 is 0. The highest BCUT2D eigenvalue weighted by molar-refractivity contribution is 8.06. The predicted octanol–water partition coefficient (Wildman–Crippen LogP) is 3.46. The summed E-state index contributed by atoms with van der Waals surface area (Å²) in [6.45, 7) is 5.17. The number of rotatable bonds is 4. The zero-order valence-corrected chi connectivity index (χ0v) is 12.9. The van der Waals surface area contributed by atoms with E-state index in [-0.39, 0.29) is 0 Å². The second-order valence-electron chi connectivity index (χ2n) is 4.24. The Morgan fingerprint density at radius 2 is 2.12 bits per heavy atom. The van der Waals surface area contributed by atoms with Gasteiger partial charge in [0.1, 0.15) is 5.01 Å². The van der Waals surface area contributed by atoms with Crippen LogP contribution in [0.4, 0.5) is 0 Å². The number of thiazole rings is 1. The molecular weight excluding hydrogens is 268 g/mol. The Labute approximate surface area is 116 Å². The first-order valence-corrected chi connectivity index (χ1v) is 9.09. The van der Waals surface area contributed by atoms with E-state index in [0.29, 0.717) is 17.0 Å². The second-order valence-corrected chi connectivity index (χ2v) is 8.09. The van der Waals surface area contributed by atoms with Crippen LogP contribution in [0, 0.1) is 0 Å². The van der Waals surface area contributed by atoms with Crippen LogP contribution in [0.2, 0.25) is 0 Å². The fourth-order valence-electron chi connectivity index (χ4n) is 2.02. The quantitative estimate of drug-likeness (QED) is 0.921. The molecule has 1 saturated heterocycles. The van der Waals surface area contributed by atoms with Gasteiger partial charge in [0.05, 0.1) is 10.9 Å². The summed E-state index contributed by atoms with van der Waals surface area (Å²) in [4.78, 5) is 6.15. The molecular formula is C12H20N2S3. The summed E-state index contributed by atoms with van der Waals surface area (Å²) in [7, 11) is 0. The molecule has 0 spiro atoms. The highest BCUT2D eigenvalue weighted by atomic mass is 32.2. The van der Waals surface area contributed by atoms with Crippen molar-refractivity contribution in [2.45, 2.75) is 43.7 Å². The van der Waals surface area contributed by atoms with Gasteiger partial charge in [0.25, 0.3) is 0 Å². The Hall–Kier alpha value is 0.290. The third-order valence-corrected chi connectivity index (χ3v) is 7.35. The maximum atomic E-state index is 5.82. The molecule has 2 N–H and O–H groups in total. The third kappa shape index (κ3) is 3.19. The molecule has 17 heavy (non-hydrogen) atoms. The van der Waals surface area contributed by atoms with Gasteiger partial charge in [-0.2, -0.15) is 11.8 Å². The fourth-order valence-corrected chi connectivity index (χ4v) is 6.17. The van der Waals surface area contributed by atoms with Crippen LogP contribution in [0.5, 0.6) is 0 Å². The van der Waals surface area contributed by atoms with Crippen LogP contribution in [-0.4, -0.2) is 21.7 Å². The van der Waals surface area contributed by atoms with Crippen molar-refractivity contribution in [3.8, 4) is 0 Å². The number of aromatic nitrogens is 1. The molecule has 2 nitrogen and oxygen atoms in total. The van der Waals surface area contributed by atoms with Gasteiger partial charge in [-0.1, -0.05) is 20.3 Å². The predicted molar refractivity (Wildman–Crippen MR) is 81.1 cm³/mol. The highest BCUT2D eigenvalue weighted by Crippen LogP contribution is 2.44. The molecule has 0 radical (unpaired) electrons. The molecule has 96 valence electrons. The van der Waals surface area contributed by atoms with Crippen LogP contribution >= 0.6 is 34.9 Å². The normalized spacial score (nSPS) is 25.1. The number of nitrogens with two attached hydrogens (primary N) is 1. The number of hydrogen-bond acceptors (Lipinski definition) is 5. The molecule has 2 unspecified atom stereocenters. The Morgan fingerprint density at radius 3 is 2.76 bits per heavy atom. The lowest BCUT2D eigenvalue weighted by Crippen LogP contribution is -2.15. The van der Waals surface area contributed by atoms with Crippen LogP contribution in [0.1, 0.15) is 41.1 Å². The molecule has 0 amide bonds. The average Bonchev–Trinajstić information content (AvgIpc) is 2.73. The van der Waals surface area contributed by atoms with E-state index >= 15 is 0 Å². The summed E-state index contributed by atoms with van der Waals surface area (Å²) in [6.07, 6.45) is 2.22. The first-order chi connectivity index (χ1) is 8.26. The number of thioether (sulfide) groups is 2. The molecule has 1 aromatic rings. The zero-order valence-electron chi connectivity index (χ0n) is 10.4. The minimum Gasteiger partial charge on any atom is -0.326 e. The monoisotopic (exact) mass is 288 g/mol. The zero-order chi connectivity index (χ0) is 12.3. The van der Waals surface area contributed by atoms with E-state index < -0.39 is 0 Å². The molecule has 0 saturated carbocycles. The summed E-state index contributed by atoms with van der Waals surface area (Å²) in [5.41, 5.74) is 7.07. The van der Waals surface area contributed by atoms with Crippen molar-refractivity contribution in [3.63, 3.8) is 0 Å². The Morgan fingerprint density at radius 1 is 1.35 bits per heavy atom. The Bertz CT molecular complexity index is 365. The van der Waals surface area contributed by atoms with Gasteiger partial charge >= 0.3 is 0 Å². The largest absolute Gasteiger partial charge is 0.326 e. The van der Waals surface area contributed by atoms with E-state index in [1.807, 2.05) is 11.3 Å². The summed E-state index contributed by atoms with van der Waals surface area (Å²) >= 11 is 5.97. The molecule has 1 aromatic heterocycles. The average molecular weight is 289 g/mol. The lowest BCUT2D eigenvalue weighted by molar-refractivity contribution is 0.840. The molecule has 2 atom stereocenters. The molecule has 1 aliphatic rings. The van der Waals surface area contributed by atoms with Crippen molar-refractivity contribution in [2.75, 3.05) is 11.5 Å². The van der Waals surface area contributed by atoms with Crippen molar-refractivity contribution < 1.29 is 0 Å². The number of hydrogen-bond donors (Lipinski definition) is 1. The first-order valence-electron chi connectivity index (χ1n) is 6.18. The Kier molecular flexibility index (Phi) is 5.21. The summed E-state index contributed by atoms with van der Waals surface area (Å²) in [5, 5.41) is 2.56. The van der Waals surface area contributed by atoms with E-state index in [1.54, 1.807) is 0 Å². The van der Waals surface area contributed by atoms with Gasteiger partial charge in [-0.3, -0.25) is 0 Å². The molecule has 0 aliphatic carbocycles. The van der Waals surface area contributed by atoms with Gasteiger partial charge in [-0.15, -0.1) is 23.1 Å². The van der Waals surface area contributed by atoms with Gasteiger partial charge in [0.15, 0.2) is 0 Å². The van der Waals surface area contributed by atoms with Crippen LogP contribution in [0.15, 0.2) is 0 Å². The molecule has 2 rings (SSSR count). The van der Waals surface area contributed by atoms with E-state index in [4.69, 9.17) is 10.7 Å². The van der Waals surface area contributed by atoms with Crippen LogP contribution in [-0.2, 0) is 13.0 Å². The van der Waals surface area contributed by atoms with E-state index in [1.165, 1.54) is 27.1 Å². The van der Waals surface area contributed by atoms with Crippen molar-refractivity contribution in [1.29, 1.82) is 0 Å². The van der Waals surface area contributed by atoms with Crippen LogP contribution in [0.3, 0.4) is 0 Å². The van der Waals surface area contributed by atoms with Crippen molar-refractivity contribution in [1.82, 2.24) is 4.98 Å². The van der Waals surface area contributed by atoms with Gasteiger partial charge in [-0.25, -0.2) is 4.98 Å². The van der Waals surface area contributed by atoms with Gasteiger partial charge in [-0.05, 0) is 6.42 Å². The molecule has 1 fully saturated rings. The third-order valence-electron chi connectivity index (χ3n) is 2.90. The maximum Gasteiger partial charge on any atom is 0.107 e. The molecule has 0 aromatic carbocycles. The number of nitrogens with zero attached hydrogens (tertiary/aromatic N) is 1. The standard InChI is InChI=1S/C12H20N2S3/c1-3-4-9-10(7-13)17-12(14-9)11-8(2)15-5-6-16-11/h8,11H,3-7,13H2,1-2H3. The van der Waals surface area contributed by atoms with Crippen molar-refractivity contribution in [2.24, 2.45) is 5.73 Å². The van der Waals surface area contributed by atoms with Gasteiger partial charge in [0.2, 0.25) is 0 Å². The summed E-state index contributed by atoms with van der Waals surface area (Å²) in [6, 6.07) is 0. The molecule has 0 bridgehead atoms. The van der Waals surface area contributed by atoms with Gasteiger partial charge < -0.3 is 5.73 Å². The minimum absolute atomic E-state index is 0.578. The second kappa shape index (κ2) is 6.45.